The van der Waals surface area contributed by atoms with Crippen molar-refractivity contribution in [3.05, 3.63) is 23.3 Å². The van der Waals surface area contributed by atoms with Gasteiger partial charge in [-0.2, -0.15) is 0 Å². The van der Waals surface area contributed by atoms with Crippen molar-refractivity contribution >= 4 is 0 Å². The highest BCUT2D eigenvalue weighted by Gasteiger charge is 2.43. The number of fused-ring (bicyclic) bond motifs is 8. The Morgan fingerprint density at radius 2 is 1.52 bits per heavy atom. The molecule has 1 saturated heterocycles. The van der Waals surface area contributed by atoms with E-state index in [0.717, 1.165) is 28.7 Å². The lowest BCUT2D eigenvalue weighted by Gasteiger charge is -2.29. The van der Waals surface area contributed by atoms with Crippen molar-refractivity contribution in [2.24, 2.45) is 11.8 Å². The van der Waals surface area contributed by atoms with E-state index in [9.17, 15) is 0 Å². The summed E-state index contributed by atoms with van der Waals surface area (Å²) in [7, 11) is 3.31. The van der Waals surface area contributed by atoms with E-state index >= 15 is 0 Å². The average Bonchev–Trinajstić information content (AvgIpc) is 3.46. The van der Waals surface area contributed by atoms with Crippen LogP contribution in [0.3, 0.4) is 0 Å². The third kappa shape index (κ3) is 2.22. The van der Waals surface area contributed by atoms with Crippen LogP contribution < -0.4 is 28.4 Å². The lowest BCUT2D eigenvalue weighted by atomic mass is 9.77. The van der Waals surface area contributed by atoms with E-state index in [4.69, 9.17) is 33.2 Å². The number of benzene rings is 2. The lowest BCUT2D eigenvalue weighted by molar-refractivity contribution is 0.0937. The minimum Gasteiger partial charge on any atom is -0.492 e. The Labute approximate surface area is 168 Å². The van der Waals surface area contributed by atoms with Crippen molar-refractivity contribution in [1.82, 2.24) is 0 Å². The van der Waals surface area contributed by atoms with E-state index in [1.165, 1.54) is 0 Å². The van der Waals surface area contributed by atoms with Crippen molar-refractivity contribution in [2.75, 3.05) is 34.4 Å². The van der Waals surface area contributed by atoms with Gasteiger partial charge in [0.2, 0.25) is 25.1 Å². The number of rotatable bonds is 2. The zero-order chi connectivity index (χ0) is 19.7. The second-order valence-corrected chi connectivity index (χ2v) is 7.86. The highest BCUT2D eigenvalue weighted by atomic mass is 16.7. The first-order valence-corrected chi connectivity index (χ1v) is 9.83. The predicted octanol–water partition coefficient (Wildman–Crippen LogP) is 3.71. The monoisotopic (exact) mass is 398 g/mol. The van der Waals surface area contributed by atoms with Gasteiger partial charge in [0.05, 0.1) is 26.9 Å². The molecular formula is C22H22O7. The molecule has 29 heavy (non-hydrogen) atoms. The highest BCUT2D eigenvalue weighted by Crippen LogP contribution is 2.60. The first-order valence-electron chi connectivity index (χ1n) is 9.83. The molecule has 0 unspecified atom stereocenters. The molecule has 152 valence electrons. The van der Waals surface area contributed by atoms with E-state index < -0.39 is 0 Å². The van der Waals surface area contributed by atoms with Crippen LogP contribution in [0.2, 0.25) is 0 Å². The molecule has 3 heterocycles. The zero-order valence-corrected chi connectivity index (χ0v) is 16.6. The summed E-state index contributed by atoms with van der Waals surface area (Å²) >= 11 is 0. The second kappa shape index (κ2) is 6.10. The standard InChI is InChI=1S/C22H22O7/c1-10-12-4-11-5-14-19(28-8-26-14)21(23-2)16(11)17-13(18(10)25-7-12)6-15-20(22(17)24-3)29-9-27-15/h5-6,10,12,18H,4,7-9H2,1-3H3/t10-,12-,18+/m0/s1. The van der Waals surface area contributed by atoms with Gasteiger partial charge in [0.1, 0.15) is 0 Å². The number of ether oxygens (including phenoxy) is 7. The molecule has 1 aliphatic carbocycles. The molecule has 3 atom stereocenters. The van der Waals surface area contributed by atoms with Gasteiger partial charge in [-0.15, -0.1) is 0 Å². The van der Waals surface area contributed by atoms with Crippen molar-refractivity contribution in [3.8, 4) is 45.6 Å². The van der Waals surface area contributed by atoms with E-state index in [-0.39, 0.29) is 19.7 Å². The van der Waals surface area contributed by atoms with Gasteiger partial charge in [-0.1, -0.05) is 6.92 Å². The summed E-state index contributed by atoms with van der Waals surface area (Å²) in [5.74, 6) is 4.67. The number of hydrogen-bond donors (Lipinski definition) is 0. The van der Waals surface area contributed by atoms with Crippen LogP contribution >= 0.6 is 0 Å². The van der Waals surface area contributed by atoms with E-state index in [1.807, 2.05) is 6.07 Å². The molecule has 0 N–H and O–H groups in total. The van der Waals surface area contributed by atoms with E-state index in [1.54, 1.807) is 14.2 Å². The van der Waals surface area contributed by atoms with Crippen LogP contribution in [0.1, 0.15) is 24.2 Å². The second-order valence-electron chi connectivity index (χ2n) is 7.86. The van der Waals surface area contributed by atoms with Crippen LogP contribution in [0.15, 0.2) is 12.1 Å². The molecule has 3 aliphatic heterocycles. The van der Waals surface area contributed by atoms with Gasteiger partial charge in [0, 0.05) is 11.1 Å². The Morgan fingerprint density at radius 1 is 0.862 bits per heavy atom. The van der Waals surface area contributed by atoms with Crippen molar-refractivity contribution in [1.29, 1.82) is 0 Å². The molecule has 0 saturated carbocycles. The van der Waals surface area contributed by atoms with Crippen molar-refractivity contribution < 1.29 is 33.2 Å². The Hall–Kier alpha value is -2.80. The molecule has 0 aromatic heterocycles. The first-order chi connectivity index (χ1) is 14.2. The highest BCUT2D eigenvalue weighted by molar-refractivity contribution is 5.89. The summed E-state index contributed by atoms with van der Waals surface area (Å²) in [4.78, 5) is 0. The van der Waals surface area contributed by atoms with Gasteiger partial charge >= 0.3 is 0 Å². The Balaban J connectivity index is 1.74. The number of hydrogen-bond acceptors (Lipinski definition) is 7. The van der Waals surface area contributed by atoms with Gasteiger partial charge < -0.3 is 33.2 Å². The fraction of sp³-hybridized carbons (Fsp3) is 0.455. The molecule has 2 aromatic carbocycles. The smallest absolute Gasteiger partial charge is 0.231 e. The average molecular weight is 398 g/mol. The molecule has 0 radical (unpaired) electrons. The predicted molar refractivity (Wildman–Crippen MR) is 102 cm³/mol. The topological polar surface area (TPSA) is 64.6 Å². The Morgan fingerprint density at radius 3 is 2.21 bits per heavy atom. The fourth-order valence-corrected chi connectivity index (χ4v) is 5.08. The maximum Gasteiger partial charge on any atom is 0.231 e. The summed E-state index contributed by atoms with van der Waals surface area (Å²) in [6, 6.07) is 4.10. The van der Waals surface area contributed by atoms with Gasteiger partial charge in [-0.25, -0.2) is 0 Å². The largest absolute Gasteiger partial charge is 0.492 e. The van der Waals surface area contributed by atoms with Gasteiger partial charge in [-0.05, 0) is 41.5 Å². The maximum atomic E-state index is 6.29. The van der Waals surface area contributed by atoms with Gasteiger partial charge in [0.15, 0.2) is 23.0 Å². The molecule has 2 aromatic rings. The number of methoxy groups -OCH3 is 2. The summed E-state index contributed by atoms with van der Waals surface area (Å²) in [5, 5.41) is 0. The molecule has 0 spiro atoms. The normalized spacial score (nSPS) is 25.1. The fourth-order valence-electron chi connectivity index (χ4n) is 5.08. The third-order valence-electron chi connectivity index (χ3n) is 6.51. The van der Waals surface area contributed by atoms with Gasteiger partial charge in [0.25, 0.3) is 0 Å². The quantitative estimate of drug-likeness (QED) is 0.764. The van der Waals surface area contributed by atoms with Crippen LogP contribution in [0.5, 0.6) is 34.5 Å². The molecule has 7 heteroatoms. The van der Waals surface area contributed by atoms with Crippen molar-refractivity contribution in [3.63, 3.8) is 0 Å². The minimum absolute atomic E-state index is 0.0540. The molecule has 1 fully saturated rings. The van der Waals surface area contributed by atoms with E-state index in [2.05, 4.69) is 13.0 Å². The summed E-state index contributed by atoms with van der Waals surface area (Å²) < 4.78 is 41.0. The third-order valence-corrected chi connectivity index (χ3v) is 6.51. The van der Waals surface area contributed by atoms with Crippen LogP contribution in [-0.4, -0.2) is 34.4 Å². The molecular weight excluding hydrogens is 376 g/mol. The van der Waals surface area contributed by atoms with Gasteiger partial charge in [-0.3, -0.25) is 0 Å². The minimum atomic E-state index is -0.0540. The van der Waals surface area contributed by atoms with Crippen LogP contribution in [0, 0.1) is 11.8 Å². The van der Waals surface area contributed by atoms with Crippen LogP contribution in [-0.2, 0) is 11.2 Å². The summed E-state index contributed by atoms with van der Waals surface area (Å²) in [5.41, 5.74) is 4.03. The summed E-state index contributed by atoms with van der Waals surface area (Å²) in [6.45, 7) is 3.31. The van der Waals surface area contributed by atoms with E-state index in [0.29, 0.717) is 52.9 Å². The van der Waals surface area contributed by atoms with Crippen LogP contribution in [0.4, 0.5) is 0 Å². The molecule has 2 bridgehead atoms. The molecule has 4 aliphatic rings. The maximum absolute atomic E-state index is 6.29. The summed E-state index contributed by atoms with van der Waals surface area (Å²) in [6.07, 6.45) is 0.804. The molecule has 7 nitrogen and oxygen atoms in total. The molecule has 0 amide bonds. The SMILES string of the molecule is COc1c2c(cc3c1-c1c(cc4c(c1OC)OCO4)[C@@H]1OC[C@H](C3)[C@@H]1C)OCO2. The first kappa shape index (κ1) is 17.1. The Kier molecular flexibility index (Phi) is 3.59. The zero-order valence-electron chi connectivity index (χ0n) is 16.6. The van der Waals surface area contributed by atoms with Crippen LogP contribution in [0.25, 0.3) is 11.1 Å². The molecule has 6 rings (SSSR count). The Bertz CT molecular complexity index is 1020. The lowest BCUT2D eigenvalue weighted by Crippen LogP contribution is -2.18. The van der Waals surface area contributed by atoms with Crippen molar-refractivity contribution in [2.45, 2.75) is 19.4 Å².